The zero-order valence-electron chi connectivity index (χ0n) is 18.7. The minimum atomic E-state index is -0.276. The van der Waals surface area contributed by atoms with Crippen LogP contribution in [0.25, 0.3) is 0 Å². The molecule has 1 saturated carbocycles. The summed E-state index contributed by atoms with van der Waals surface area (Å²) in [6.45, 7) is 2.78. The van der Waals surface area contributed by atoms with Crippen LogP contribution in [-0.4, -0.2) is 48.7 Å². The number of ether oxygens (including phenoxy) is 2. The molecule has 1 fully saturated rings. The zero-order chi connectivity index (χ0) is 23.6. The lowest BCUT2D eigenvalue weighted by Crippen LogP contribution is -2.34. The number of carbonyl (C=O) groups is 3. The maximum absolute atomic E-state index is 12.3. The van der Waals surface area contributed by atoms with Gasteiger partial charge in [-0.1, -0.05) is 0 Å². The van der Waals surface area contributed by atoms with Crippen molar-refractivity contribution in [1.82, 2.24) is 10.6 Å². The molecule has 176 valence electrons. The third kappa shape index (κ3) is 7.24. The van der Waals surface area contributed by atoms with Gasteiger partial charge in [-0.25, -0.2) is 0 Å². The molecule has 2 aromatic rings. The summed E-state index contributed by atoms with van der Waals surface area (Å²) in [6.07, 6.45) is 3.15. The summed E-state index contributed by atoms with van der Waals surface area (Å²) in [6, 6.07) is 12.9. The first-order valence-electron chi connectivity index (χ1n) is 11.2. The molecule has 3 N–H and O–H groups in total. The van der Waals surface area contributed by atoms with Crippen molar-refractivity contribution in [1.29, 1.82) is 0 Å². The van der Waals surface area contributed by atoms with E-state index in [1.807, 2.05) is 6.92 Å². The molecule has 0 heterocycles. The van der Waals surface area contributed by atoms with Crippen molar-refractivity contribution in [2.45, 2.75) is 38.7 Å². The molecule has 0 radical (unpaired) electrons. The molecule has 0 saturated heterocycles. The van der Waals surface area contributed by atoms with E-state index in [0.29, 0.717) is 23.5 Å². The summed E-state index contributed by atoms with van der Waals surface area (Å²) >= 11 is 0. The molecule has 2 amide bonds. The molecule has 1 aliphatic rings. The molecule has 1 aliphatic carbocycles. The van der Waals surface area contributed by atoms with Crippen molar-refractivity contribution in [2.75, 3.05) is 19.7 Å². The molecule has 8 nitrogen and oxygen atoms in total. The van der Waals surface area contributed by atoms with E-state index in [-0.39, 0.29) is 48.6 Å². The molecule has 8 heteroatoms. The molecule has 0 atom stereocenters. The Labute approximate surface area is 193 Å². The smallest absolute Gasteiger partial charge is 0.308 e. The molecule has 0 aliphatic heterocycles. The second kappa shape index (κ2) is 11.9. The van der Waals surface area contributed by atoms with Crippen molar-refractivity contribution in [3.63, 3.8) is 0 Å². The standard InChI is InChI=1S/C25H30N2O6/c1-2-32-25(31)19-7-13-22(14-8-19)33-21-11-5-18(6-12-21)24(30)27-16-15-26-23(29)17-3-9-20(28)10-4-17/h3-6,9-12,19,22,28H,2,7-8,13-16H2,1H3,(H,26,29)(H,27,30). The van der Waals surface area contributed by atoms with Gasteiger partial charge in [-0.15, -0.1) is 0 Å². The molecule has 0 bridgehead atoms. The number of rotatable bonds is 9. The van der Waals surface area contributed by atoms with Gasteiger partial charge in [-0.2, -0.15) is 0 Å². The second-order valence-corrected chi connectivity index (χ2v) is 7.93. The Balaban J connectivity index is 1.37. The number of esters is 1. The monoisotopic (exact) mass is 454 g/mol. The Kier molecular flexibility index (Phi) is 8.69. The van der Waals surface area contributed by atoms with Crippen LogP contribution in [-0.2, 0) is 9.53 Å². The lowest BCUT2D eigenvalue weighted by molar-refractivity contribution is -0.149. The Morgan fingerprint density at radius 3 is 1.88 bits per heavy atom. The van der Waals surface area contributed by atoms with Crippen LogP contribution in [0.4, 0.5) is 0 Å². The lowest BCUT2D eigenvalue weighted by atomic mass is 9.87. The topological polar surface area (TPSA) is 114 Å². The predicted molar refractivity (Wildman–Crippen MR) is 122 cm³/mol. The van der Waals surface area contributed by atoms with Crippen LogP contribution in [0, 0.1) is 5.92 Å². The van der Waals surface area contributed by atoms with Gasteiger partial charge in [0.15, 0.2) is 0 Å². The highest BCUT2D eigenvalue weighted by Gasteiger charge is 2.28. The minimum Gasteiger partial charge on any atom is -0.508 e. The van der Waals surface area contributed by atoms with Gasteiger partial charge < -0.3 is 25.2 Å². The van der Waals surface area contributed by atoms with Crippen LogP contribution >= 0.6 is 0 Å². The van der Waals surface area contributed by atoms with Crippen molar-refractivity contribution in [3.8, 4) is 11.5 Å². The van der Waals surface area contributed by atoms with Crippen LogP contribution in [0.2, 0.25) is 0 Å². The van der Waals surface area contributed by atoms with Crippen molar-refractivity contribution >= 4 is 17.8 Å². The summed E-state index contributed by atoms with van der Waals surface area (Å²) in [7, 11) is 0. The average Bonchev–Trinajstić information content (AvgIpc) is 2.83. The molecule has 2 aromatic carbocycles. The Morgan fingerprint density at radius 1 is 0.848 bits per heavy atom. The number of nitrogens with one attached hydrogen (secondary N) is 2. The lowest BCUT2D eigenvalue weighted by Gasteiger charge is -2.27. The maximum atomic E-state index is 12.3. The Bertz CT molecular complexity index is 934. The molecule has 33 heavy (non-hydrogen) atoms. The van der Waals surface area contributed by atoms with Gasteiger partial charge >= 0.3 is 5.97 Å². The van der Waals surface area contributed by atoms with E-state index >= 15 is 0 Å². The summed E-state index contributed by atoms with van der Waals surface area (Å²) < 4.78 is 11.1. The Morgan fingerprint density at radius 2 is 1.36 bits per heavy atom. The molecular weight excluding hydrogens is 424 g/mol. The summed E-state index contributed by atoms with van der Waals surface area (Å²) in [4.78, 5) is 36.2. The SMILES string of the molecule is CCOC(=O)C1CCC(Oc2ccc(C(=O)NCCNC(=O)c3ccc(O)cc3)cc2)CC1. The van der Waals surface area contributed by atoms with Crippen LogP contribution in [0.15, 0.2) is 48.5 Å². The van der Waals surface area contributed by atoms with Crippen molar-refractivity contribution < 1.29 is 29.0 Å². The van der Waals surface area contributed by atoms with E-state index in [1.54, 1.807) is 24.3 Å². The van der Waals surface area contributed by atoms with Crippen LogP contribution in [0.5, 0.6) is 11.5 Å². The normalized spacial score (nSPS) is 17.6. The van der Waals surface area contributed by atoms with Crippen LogP contribution < -0.4 is 15.4 Å². The first-order chi connectivity index (χ1) is 16.0. The van der Waals surface area contributed by atoms with E-state index < -0.39 is 0 Å². The van der Waals surface area contributed by atoms with E-state index in [1.165, 1.54) is 24.3 Å². The van der Waals surface area contributed by atoms with E-state index in [0.717, 1.165) is 25.7 Å². The number of hydrogen-bond acceptors (Lipinski definition) is 6. The number of phenolic OH excluding ortho intramolecular Hbond substituents is 1. The van der Waals surface area contributed by atoms with E-state index in [9.17, 15) is 19.5 Å². The summed E-state index contributed by atoms with van der Waals surface area (Å²) in [5, 5.41) is 14.7. The van der Waals surface area contributed by atoms with Gasteiger partial charge in [-0.3, -0.25) is 14.4 Å². The largest absolute Gasteiger partial charge is 0.508 e. The zero-order valence-corrected chi connectivity index (χ0v) is 18.7. The number of aromatic hydroxyl groups is 1. The van der Waals surface area contributed by atoms with Crippen molar-refractivity contribution in [2.24, 2.45) is 5.92 Å². The fraction of sp³-hybridized carbons (Fsp3) is 0.400. The highest BCUT2D eigenvalue weighted by atomic mass is 16.5. The first-order valence-corrected chi connectivity index (χ1v) is 11.2. The second-order valence-electron chi connectivity index (χ2n) is 7.93. The van der Waals surface area contributed by atoms with Crippen molar-refractivity contribution in [3.05, 3.63) is 59.7 Å². The first kappa shape index (κ1) is 24.1. The van der Waals surface area contributed by atoms with Gasteiger partial charge in [0.2, 0.25) is 0 Å². The highest BCUT2D eigenvalue weighted by Crippen LogP contribution is 2.28. The average molecular weight is 455 g/mol. The van der Waals surface area contributed by atoms with Crippen LogP contribution in [0.3, 0.4) is 0 Å². The fourth-order valence-corrected chi connectivity index (χ4v) is 3.72. The highest BCUT2D eigenvalue weighted by molar-refractivity contribution is 5.95. The van der Waals surface area contributed by atoms with Gasteiger partial charge in [-0.05, 0) is 81.1 Å². The molecule has 3 rings (SSSR count). The summed E-state index contributed by atoms with van der Waals surface area (Å²) in [5.74, 6) is 0.106. The molecular formula is C25H30N2O6. The number of amides is 2. The Hall–Kier alpha value is -3.55. The molecule has 0 unspecified atom stereocenters. The number of phenols is 1. The van der Waals surface area contributed by atoms with E-state index in [2.05, 4.69) is 10.6 Å². The fourth-order valence-electron chi connectivity index (χ4n) is 3.72. The summed E-state index contributed by atoms with van der Waals surface area (Å²) in [5.41, 5.74) is 0.933. The molecule has 0 spiro atoms. The third-order valence-electron chi connectivity index (χ3n) is 5.54. The van der Waals surface area contributed by atoms with Gasteiger partial charge in [0.05, 0.1) is 18.6 Å². The van der Waals surface area contributed by atoms with E-state index in [4.69, 9.17) is 9.47 Å². The predicted octanol–water partition coefficient (Wildman–Crippen LogP) is 3.05. The van der Waals surface area contributed by atoms with Gasteiger partial charge in [0.1, 0.15) is 11.5 Å². The van der Waals surface area contributed by atoms with Gasteiger partial charge in [0, 0.05) is 24.2 Å². The number of hydrogen-bond donors (Lipinski definition) is 3. The maximum Gasteiger partial charge on any atom is 0.308 e. The van der Waals surface area contributed by atoms with Crippen LogP contribution in [0.1, 0.15) is 53.3 Å². The number of carbonyl (C=O) groups excluding carboxylic acids is 3. The quantitative estimate of drug-likeness (QED) is 0.396. The molecule has 0 aromatic heterocycles. The third-order valence-corrected chi connectivity index (χ3v) is 5.54. The minimum absolute atomic E-state index is 0.0401. The van der Waals surface area contributed by atoms with Gasteiger partial charge in [0.25, 0.3) is 11.8 Å². The number of benzene rings is 2.